The summed E-state index contributed by atoms with van der Waals surface area (Å²) < 4.78 is 1.49. The molecule has 0 bridgehead atoms. The maximum Gasteiger partial charge on any atom is 0.305 e. The summed E-state index contributed by atoms with van der Waals surface area (Å²) in [6.45, 7) is 8.13. The Kier molecular flexibility index (Phi) is 7.79. The molecule has 2 N–H and O–H groups in total. The number of amides is 1. The number of carboxylic acids is 1. The zero-order valence-electron chi connectivity index (χ0n) is 21.3. The first-order valence-corrected chi connectivity index (χ1v) is 13.4. The van der Waals surface area contributed by atoms with Crippen molar-refractivity contribution in [2.45, 2.75) is 71.4 Å². The van der Waals surface area contributed by atoms with Crippen LogP contribution in [-0.4, -0.2) is 21.6 Å². The lowest BCUT2D eigenvalue weighted by atomic mass is 9.98. The number of nitrogens with one attached hydrogen (secondary N) is 1. The maximum absolute atomic E-state index is 13.6. The Morgan fingerprint density at radius 2 is 1.83 bits per heavy atom. The zero-order chi connectivity index (χ0) is 26.0. The number of hydrogen-bond acceptors (Lipinski definition) is 4. The average Bonchev–Trinajstić information content (AvgIpc) is 3.54. The monoisotopic (exact) mass is 506 g/mol. The molecular formula is C29H34N2O4S. The van der Waals surface area contributed by atoms with Gasteiger partial charge in [-0.05, 0) is 90.3 Å². The third-order valence-corrected chi connectivity index (χ3v) is 7.76. The third kappa shape index (κ3) is 5.95. The van der Waals surface area contributed by atoms with Crippen molar-refractivity contribution in [3.8, 4) is 10.4 Å². The van der Waals surface area contributed by atoms with Gasteiger partial charge in [0, 0.05) is 17.1 Å². The van der Waals surface area contributed by atoms with E-state index < -0.39 is 18.1 Å². The Labute approximate surface area is 216 Å². The van der Waals surface area contributed by atoms with Gasteiger partial charge in [-0.1, -0.05) is 32.0 Å². The molecule has 36 heavy (non-hydrogen) atoms. The van der Waals surface area contributed by atoms with E-state index in [1.165, 1.54) is 4.57 Å². The highest BCUT2D eigenvalue weighted by Gasteiger charge is 2.29. The lowest BCUT2D eigenvalue weighted by molar-refractivity contribution is -0.138. The molecule has 7 heteroatoms. The second kappa shape index (κ2) is 10.8. The van der Waals surface area contributed by atoms with Crippen LogP contribution >= 0.6 is 11.3 Å². The molecule has 2 atom stereocenters. The van der Waals surface area contributed by atoms with Gasteiger partial charge in [0.2, 0.25) is 5.91 Å². The van der Waals surface area contributed by atoms with Crippen LogP contribution in [0.2, 0.25) is 0 Å². The average molecular weight is 507 g/mol. The molecule has 190 valence electrons. The number of thiophene rings is 1. The molecule has 0 saturated heterocycles. The first-order valence-electron chi connectivity index (χ1n) is 12.5. The van der Waals surface area contributed by atoms with E-state index in [9.17, 15) is 19.5 Å². The van der Waals surface area contributed by atoms with Crippen molar-refractivity contribution in [2.75, 3.05) is 0 Å². The third-order valence-electron chi connectivity index (χ3n) is 6.80. The quantitative estimate of drug-likeness (QED) is 0.353. The van der Waals surface area contributed by atoms with Gasteiger partial charge in [0.25, 0.3) is 5.56 Å². The fraction of sp³-hybridized carbons (Fsp3) is 0.414. The van der Waals surface area contributed by atoms with E-state index in [1.54, 1.807) is 23.6 Å². The van der Waals surface area contributed by atoms with Gasteiger partial charge in [0.1, 0.15) is 6.04 Å². The van der Waals surface area contributed by atoms with Crippen LogP contribution in [0.3, 0.4) is 0 Å². The fourth-order valence-corrected chi connectivity index (χ4v) is 5.93. The number of rotatable bonds is 10. The summed E-state index contributed by atoms with van der Waals surface area (Å²) in [5.41, 5.74) is 5.02. The van der Waals surface area contributed by atoms with Gasteiger partial charge < -0.3 is 15.0 Å². The van der Waals surface area contributed by atoms with E-state index in [4.69, 9.17) is 0 Å². The van der Waals surface area contributed by atoms with Gasteiger partial charge in [0.05, 0.1) is 12.5 Å². The molecular weight excluding hydrogens is 472 g/mol. The lowest BCUT2D eigenvalue weighted by Gasteiger charge is -2.24. The van der Waals surface area contributed by atoms with Crippen LogP contribution in [0.1, 0.15) is 79.8 Å². The van der Waals surface area contributed by atoms with E-state index in [0.29, 0.717) is 12.3 Å². The van der Waals surface area contributed by atoms with Gasteiger partial charge >= 0.3 is 5.97 Å². The van der Waals surface area contributed by atoms with Crippen LogP contribution in [0.4, 0.5) is 0 Å². The second-order valence-electron chi connectivity index (χ2n) is 10.3. The predicted molar refractivity (Wildman–Crippen MR) is 144 cm³/mol. The lowest BCUT2D eigenvalue weighted by Crippen LogP contribution is -2.40. The van der Waals surface area contributed by atoms with E-state index in [1.807, 2.05) is 37.4 Å². The van der Waals surface area contributed by atoms with E-state index >= 15 is 0 Å². The molecule has 0 spiro atoms. The highest BCUT2D eigenvalue weighted by Crippen LogP contribution is 2.39. The minimum atomic E-state index is -0.994. The summed E-state index contributed by atoms with van der Waals surface area (Å²) in [5.74, 6) is -0.706. The number of carboxylic acid groups (broad SMARTS) is 1. The molecule has 1 amide bonds. The zero-order valence-corrected chi connectivity index (χ0v) is 22.1. The maximum atomic E-state index is 13.6. The smallest absolute Gasteiger partial charge is 0.305 e. The summed E-state index contributed by atoms with van der Waals surface area (Å²) in [7, 11) is 0. The van der Waals surface area contributed by atoms with Crippen molar-refractivity contribution in [1.82, 2.24) is 9.88 Å². The Bertz CT molecular complexity index is 1300. The molecule has 0 aliphatic heterocycles. The Balaban J connectivity index is 1.62. The topological polar surface area (TPSA) is 88.4 Å². The van der Waals surface area contributed by atoms with Crippen LogP contribution in [-0.2, 0) is 9.59 Å². The molecule has 0 unspecified atom stereocenters. The predicted octanol–water partition coefficient (Wildman–Crippen LogP) is 5.99. The highest BCUT2D eigenvalue weighted by molar-refractivity contribution is 7.13. The second-order valence-corrected chi connectivity index (χ2v) is 11.2. The normalized spacial score (nSPS) is 15.0. The molecule has 1 aliphatic rings. The number of carbonyl (C=O) groups excluding carboxylic acids is 1. The van der Waals surface area contributed by atoms with E-state index in [-0.39, 0.29) is 23.8 Å². The first kappa shape index (κ1) is 25.9. The van der Waals surface area contributed by atoms with Gasteiger partial charge in [-0.15, -0.1) is 11.3 Å². The molecule has 2 aromatic heterocycles. The highest BCUT2D eigenvalue weighted by atomic mass is 32.1. The molecule has 6 nitrogen and oxygen atoms in total. The number of pyridine rings is 1. The van der Waals surface area contributed by atoms with Crippen molar-refractivity contribution in [3.63, 3.8) is 0 Å². The minimum absolute atomic E-state index is 0.172. The van der Waals surface area contributed by atoms with Crippen LogP contribution in [0.5, 0.6) is 0 Å². The molecule has 1 aromatic carbocycles. The largest absolute Gasteiger partial charge is 0.481 e. The summed E-state index contributed by atoms with van der Waals surface area (Å²) in [6.07, 6.45) is 4.16. The molecule has 2 heterocycles. The molecule has 1 fully saturated rings. The summed E-state index contributed by atoms with van der Waals surface area (Å²) in [5, 5.41) is 14.5. The van der Waals surface area contributed by atoms with E-state index in [0.717, 1.165) is 45.5 Å². The van der Waals surface area contributed by atoms with Gasteiger partial charge in [-0.3, -0.25) is 14.4 Å². The standard InChI is InChI=1S/C29H34N2O4S/c1-17(2)12-24(31-11-10-21(14-26(31)32)20-8-9-20)29(35)30-23(15-27(33)34)22-13-25(36-16-22)28-18(3)6-5-7-19(28)4/h5-7,10-11,13-14,16-17,20,23-24H,8-9,12,15H2,1-4H3,(H,30,35)(H,33,34)/t23-,24-/m1/s1. The number of aromatic nitrogens is 1. The Morgan fingerprint density at radius 3 is 2.42 bits per heavy atom. The summed E-state index contributed by atoms with van der Waals surface area (Å²) in [4.78, 5) is 39.3. The van der Waals surface area contributed by atoms with Crippen molar-refractivity contribution >= 4 is 23.2 Å². The number of benzene rings is 1. The van der Waals surface area contributed by atoms with Crippen LogP contribution < -0.4 is 10.9 Å². The van der Waals surface area contributed by atoms with Gasteiger partial charge in [-0.2, -0.15) is 0 Å². The molecule has 4 rings (SSSR count). The molecule has 1 saturated carbocycles. The van der Waals surface area contributed by atoms with E-state index in [2.05, 4.69) is 31.3 Å². The number of carbonyl (C=O) groups is 2. The summed E-state index contributed by atoms with van der Waals surface area (Å²) in [6, 6.07) is 10.3. The summed E-state index contributed by atoms with van der Waals surface area (Å²) >= 11 is 1.54. The number of hydrogen-bond donors (Lipinski definition) is 2. The Morgan fingerprint density at radius 1 is 1.14 bits per heavy atom. The minimum Gasteiger partial charge on any atom is -0.481 e. The van der Waals surface area contributed by atoms with Gasteiger partial charge in [-0.25, -0.2) is 0 Å². The molecule has 0 radical (unpaired) electrons. The van der Waals surface area contributed by atoms with Crippen LogP contribution in [0.15, 0.2) is 52.8 Å². The molecule has 3 aromatic rings. The Hall–Kier alpha value is -3.19. The van der Waals surface area contributed by atoms with Crippen molar-refractivity contribution in [2.24, 2.45) is 5.92 Å². The number of aliphatic carboxylic acids is 1. The molecule has 1 aliphatic carbocycles. The number of nitrogens with zero attached hydrogens (tertiary/aromatic N) is 1. The van der Waals surface area contributed by atoms with Crippen LogP contribution in [0, 0.1) is 19.8 Å². The number of aryl methyl sites for hydroxylation is 2. The van der Waals surface area contributed by atoms with Gasteiger partial charge in [0.15, 0.2) is 0 Å². The van der Waals surface area contributed by atoms with Crippen molar-refractivity contribution < 1.29 is 14.7 Å². The van der Waals surface area contributed by atoms with Crippen LogP contribution in [0.25, 0.3) is 10.4 Å². The van der Waals surface area contributed by atoms with Crippen molar-refractivity contribution in [1.29, 1.82) is 0 Å². The van der Waals surface area contributed by atoms with Crippen molar-refractivity contribution in [3.05, 3.63) is 80.6 Å². The first-order chi connectivity index (χ1) is 17.1. The SMILES string of the molecule is Cc1cccc(C)c1-c1cc([C@@H](CC(=O)O)NC(=O)[C@@H](CC(C)C)n2ccc(C3CC3)cc2=O)cs1. The fourth-order valence-electron chi connectivity index (χ4n) is 4.79.